The molecule has 0 amide bonds. The lowest BCUT2D eigenvalue weighted by Gasteiger charge is -2.07. The van der Waals surface area contributed by atoms with E-state index in [9.17, 15) is 0 Å². The molecule has 1 fully saturated rings. The summed E-state index contributed by atoms with van der Waals surface area (Å²) in [6.45, 7) is 0. The summed E-state index contributed by atoms with van der Waals surface area (Å²) in [7, 11) is 1.68. The van der Waals surface area contributed by atoms with Crippen molar-refractivity contribution in [3.8, 4) is 17.0 Å². The number of rotatable bonds is 3. The maximum atomic E-state index is 5.32. The van der Waals surface area contributed by atoms with Gasteiger partial charge in [0.05, 0.1) is 12.8 Å². The minimum Gasteiger partial charge on any atom is -0.497 e. The second-order valence-corrected chi connectivity index (χ2v) is 4.70. The first-order valence-corrected chi connectivity index (χ1v) is 6.15. The molecule has 1 aromatic heterocycles. The number of nitrogens with one attached hydrogen (secondary N) is 1. The number of imidazole rings is 1. The van der Waals surface area contributed by atoms with Crippen LogP contribution in [0.15, 0.2) is 30.5 Å². The minimum atomic E-state index is 0.589. The lowest BCUT2D eigenvalue weighted by molar-refractivity contribution is 0.415. The van der Waals surface area contributed by atoms with Gasteiger partial charge in [0.1, 0.15) is 5.75 Å². The Hall–Kier alpha value is -1.55. The molecule has 0 spiro atoms. The number of methoxy groups -OCH3 is 1. The zero-order valence-electron chi connectivity index (χ0n) is 9.64. The van der Waals surface area contributed by atoms with Crippen LogP contribution in [0.3, 0.4) is 0 Å². The van der Waals surface area contributed by atoms with Crippen molar-refractivity contribution in [2.75, 3.05) is 7.11 Å². The molecule has 1 aliphatic rings. The van der Waals surface area contributed by atoms with E-state index in [1.54, 1.807) is 7.11 Å². The summed E-state index contributed by atoms with van der Waals surface area (Å²) >= 11 is 5.32. The Labute approximate surface area is 105 Å². The first-order chi connectivity index (χ1) is 8.29. The second-order valence-electron chi connectivity index (χ2n) is 4.31. The van der Waals surface area contributed by atoms with Crippen molar-refractivity contribution in [2.45, 2.75) is 18.9 Å². The van der Waals surface area contributed by atoms with Crippen molar-refractivity contribution in [3.05, 3.63) is 35.2 Å². The molecule has 0 aliphatic heterocycles. The van der Waals surface area contributed by atoms with E-state index in [4.69, 9.17) is 17.0 Å². The highest BCUT2D eigenvalue weighted by Crippen LogP contribution is 2.38. The fraction of sp³-hybridized carbons (Fsp3) is 0.308. The van der Waals surface area contributed by atoms with E-state index in [1.165, 1.54) is 24.1 Å². The van der Waals surface area contributed by atoms with Crippen LogP contribution < -0.4 is 4.74 Å². The zero-order chi connectivity index (χ0) is 11.8. The molecule has 1 heterocycles. The van der Waals surface area contributed by atoms with E-state index < -0.39 is 0 Å². The number of aromatic nitrogens is 2. The van der Waals surface area contributed by atoms with E-state index in [2.05, 4.69) is 21.7 Å². The molecule has 17 heavy (non-hydrogen) atoms. The molecule has 2 aromatic rings. The van der Waals surface area contributed by atoms with Crippen molar-refractivity contribution in [3.63, 3.8) is 0 Å². The minimum absolute atomic E-state index is 0.589. The first-order valence-electron chi connectivity index (χ1n) is 5.74. The summed E-state index contributed by atoms with van der Waals surface area (Å²) in [5.41, 5.74) is 2.34. The smallest absolute Gasteiger partial charge is 0.177 e. The van der Waals surface area contributed by atoms with Crippen LogP contribution in [0, 0.1) is 4.77 Å². The molecule has 0 atom stereocenters. The molecule has 1 aliphatic carbocycles. The highest BCUT2D eigenvalue weighted by molar-refractivity contribution is 7.71. The largest absolute Gasteiger partial charge is 0.497 e. The predicted octanol–water partition coefficient (Wildman–Crippen LogP) is 3.56. The zero-order valence-corrected chi connectivity index (χ0v) is 10.5. The van der Waals surface area contributed by atoms with Gasteiger partial charge in [-0.2, -0.15) is 0 Å². The Morgan fingerprint density at radius 3 is 2.59 bits per heavy atom. The van der Waals surface area contributed by atoms with Crippen LogP contribution in [0.5, 0.6) is 5.75 Å². The summed E-state index contributed by atoms with van der Waals surface area (Å²) in [5.74, 6) is 0.876. The van der Waals surface area contributed by atoms with Crippen molar-refractivity contribution in [1.29, 1.82) is 0 Å². The lowest BCUT2D eigenvalue weighted by Crippen LogP contribution is -1.96. The van der Waals surface area contributed by atoms with Crippen molar-refractivity contribution in [2.24, 2.45) is 0 Å². The molecule has 0 bridgehead atoms. The van der Waals surface area contributed by atoms with Crippen LogP contribution in [0.2, 0.25) is 0 Å². The van der Waals surface area contributed by atoms with Crippen LogP contribution >= 0.6 is 12.2 Å². The number of nitrogens with zero attached hydrogens (tertiary/aromatic N) is 1. The molecule has 1 aromatic carbocycles. The van der Waals surface area contributed by atoms with Crippen LogP contribution in [0.25, 0.3) is 11.3 Å². The van der Waals surface area contributed by atoms with E-state index in [1.807, 2.05) is 18.3 Å². The molecule has 1 N–H and O–H groups in total. The Morgan fingerprint density at radius 2 is 2.00 bits per heavy atom. The average Bonchev–Trinajstić information content (AvgIpc) is 3.13. The number of hydrogen-bond donors (Lipinski definition) is 1. The third kappa shape index (κ3) is 1.89. The second kappa shape index (κ2) is 4.04. The number of H-pyrrole nitrogens is 1. The van der Waals surface area contributed by atoms with Crippen molar-refractivity contribution < 1.29 is 4.74 Å². The Bertz CT molecular complexity index is 578. The van der Waals surface area contributed by atoms with Gasteiger partial charge < -0.3 is 14.3 Å². The summed E-state index contributed by atoms with van der Waals surface area (Å²) < 4.78 is 8.20. The number of benzene rings is 1. The third-order valence-electron chi connectivity index (χ3n) is 3.11. The quantitative estimate of drug-likeness (QED) is 0.839. The maximum Gasteiger partial charge on any atom is 0.177 e. The molecule has 0 radical (unpaired) electrons. The van der Waals surface area contributed by atoms with E-state index in [-0.39, 0.29) is 0 Å². The highest BCUT2D eigenvalue weighted by Gasteiger charge is 2.26. The number of ether oxygens (including phenoxy) is 1. The first kappa shape index (κ1) is 10.6. The van der Waals surface area contributed by atoms with Crippen LogP contribution in [0.4, 0.5) is 0 Å². The third-order valence-corrected chi connectivity index (χ3v) is 3.42. The van der Waals surface area contributed by atoms with Gasteiger partial charge in [0.2, 0.25) is 0 Å². The van der Waals surface area contributed by atoms with Gasteiger partial charge in [-0.3, -0.25) is 0 Å². The standard InChI is InChI=1S/C13H14N2OS/c1-16-11-6-2-9(3-7-11)12-8-14-13(17)15(12)10-4-5-10/h2-3,6-8,10H,4-5H2,1H3,(H,14,17). The molecule has 4 heteroatoms. The molecule has 3 nitrogen and oxygen atoms in total. The SMILES string of the molecule is COc1ccc(-c2c[nH]c(=S)n2C2CC2)cc1. The molecule has 3 rings (SSSR count). The molecular weight excluding hydrogens is 232 g/mol. The van der Waals surface area contributed by atoms with Gasteiger partial charge in [-0.05, 0) is 54.9 Å². The van der Waals surface area contributed by atoms with Crippen LogP contribution in [-0.2, 0) is 0 Å². The molecule has 88 valence electrons. The van der Waals surface area contributed by atoms with Gasteiger partial charge in [-0.25, -0.2) is 0 Å². The molecule has 0 unspecified atom stereocenters. The van der Waals surface area contributed by atoms with Gasteiger partial charge in [0.15, 0.2) is 4.77 Å². The highest BCUT2D eigenvalue weighted by atomic mass is 32.1. The van der Waals surface area contributed by atoms with E-state index in [0.29, 0.717) is 6.04 Å². The van der Waals surface area contributed by atoms with Crippen LogP contribution in [-0.4, -0.2) is 16.7 Å². The Morgan fingerprint density at radius 1 is 1.29 bits per heavy atom. The molecule has 1 saturated carbocycles. The van der Waals surface area contributed by atoms with Gasteiger partial charge in [-0.1, -0.05) is 0 Å². The van der Waals surface area contributed by atoms with Crippen LogP contribution in [0.1, 0.15) is 18.9 Å². The summed E-state index contributed by atoms with van der Waals surface area (Å²) in [5, 5.41) is 0. The molecule has 0 saturated heterocycles. The Kier molecular flexibility index (Phi) is 2.52. The van der Waals surface area contributed by atoms with Gasteiger partial charge in [-0.15, -0.1) is 0 Å². The lowest BCUT2D eigenvalue weighted by atomic mass is 10.1. The van der Waals surface area contributed by atoms with Gasteiger partial charge >= 0.3 is 0 Å². The summed E-state index contributed by atoms with van der Waals surface area (Å²) in [6, 6.07) is 8.67. The Balaban J connectivity index is 2.05. The topological polar surface area (TPSA) is 29.9 Å². The van der Waals surface area contributed by atoms with E-state index in [0.717, 1.165) is 10.5 Å². The van der Waals surface area contributed by atoms with Crippen molar-refractivity contribution >= 4 is 12.2 Å². The summed E-state index contributed by atoms with van der Waals surface area (Å²) in [4.78, 5) is 3.13. The van der Waals surface area contributed by atoms with E-state index >= 15 is 0 Å². The predicted molar refractivity (Wildman–Crippen MR) is 69.9 cm³/mol. The number of hydrogen-bond acceptors (Lipinski definition) is 2. The fourth-order valence-corrected chi connectivity index (χ4v) is 2.36. The monoisotopic (exact) mass is 246 g/mol. The maximum absolute atomic E-state index is 5.32. The normalized spacial score (nSPS) is 14.9. The average molecular weight is 246 g/mol. The molecular formula is C13H14N2OS. The summed E-state index contributed by atoms with van der Waals surface area (Å²) in [6.07, 6.45) is 4.45. The van der Waals surface area contributed by atoms with Gasteiger partial charge in [0, 0.05) is 12.2 Å². The van der Waals surface area contributed by atoms with Gasteiger partial charge in [0.25, 0.3) is 0 Å². The number of aromatic amines is 1. The van der Waals surface area contributed by atoms with Crippen molar-refractivity contribution in [1.82, 2.24) is 9.55 Å². The fourth-order valence-electron chi connectivity index (χ4n) is 2.06.